The third-order valence-corrected chi connectivity index (χ3v) is 7.84. The van der Waals surface area contributed by atoms with E-state index in [9.17, 15) is 10.1 Å². The van der Waals surface area contributed by atoms with E-state index < -0.39 is 0 Å². The molecule has 3 aromatic rings. The molecule has 0 spiro atoms. The number of carbonyl (C=O) groups excluding carboxylic acids is 1. The first-order valence-corrected chi connectivity index (χ1v) is 14.9. The van der Waals surface area contributed by atoms with E-state index in [-0.39, 0.29) is 5.91 Å². The van der Waals surface area contributed by atoms with Crippen LogP contribution in [0.25, 0.3) is 16.8 Å². The molecule has 1 saturated heterocycles. The Morgan fingerprint density at radius 2 is 1.74 bits per heavy atom. The lowest BCUT2D eigenvalue weighted by molar-refractivity contribution is 0.0741. The lowest BCUT2D eigenvalue weighted by Crippen LogP contribution is -2.34. The minimum atomic E-state index is 0.104. The van der Waals surface area contributed by atoms with E-state index in [1.807, 2.05) is 52.0 Å². The van der Waals surface area contributed by atoms with E-state index in [2.05, 4.69) is 38.7 Å². The predicted octanol–water partition coefficient (Wildman–Crippen LogP) is 6.83. The number of hydrogen-bond acceptors (Lipinski definition) is 4. The summed E-state index contributed by atoms with van der Waals surface area (Å²) in [6, 6.07) is 13.9. The van der Waals surface area contributed by atoms with Gasteiger partial charge in [-0.1, -0.05) is 46.2 Å². The van der Waals surface area contributed by atoms with Gasteiger partial charge in [-0.25, -0.2) is 4.52 Å². The second-order valence-corrected chi connectivity index (χ2v) is 11.9. The van der Waals surface area contributed by atoms with Crippen LogP contribution in [0.3, 0.4) is 0 Å². The highest BCUT2D eigenvalue weighted by Crippen LogP contribution is 2.29. The highest BCUT2D eigenvalue weighted by Gasteiger charge is 2.21. The summed E-state index contributed by atoms with van der Waals surface area (Å²) in [5, 5.41) is 14.4. The van der Waals surface area contributed by atoms with Gasteiger partial charge >= 0.3 is 0 Å². The standard InChI is InChI=1S/C33H45N5O/c1-25(2)13-19-37(20-14-26(3)4)33(39)29-15-21-38-31(23-29)30(12-9-18-36-16-6-5-7-17-36)32(35-38)28-11-8-10-27(22-28)24-34/h8,10-11,15,21-23,25-26H,5-7,9,12-14,16-20H2,1-4H3. The van der Waals surface area contributed by atoms with Gasteiger partial charge in [0.1, 0.15) is 0 Å². The highest BCUT2D eigenvalue weighted by molar-refractivity contribution is 5.95. The van der Waals surface area contributed by atoms with Crippen molar-refractivity contribution in [3.63, 3.8) is 0 Å². The van der Waals surface area contributed by atoms with E-state index >= 15 is 0 Å². The molecule has 1 aliphatic heterocycles. The van der Waals surface area contributed by atoms with E-state index in [1.54, 1.807) is 0 Å². The van der Waals surface area contributed by atoms with Gasteiger partial charge in [-0.3, -0.25) is 4.79 Å². The van der Waals surface area contributed by atoms with Crippen molar-refractivity contribution in [2.45, 2.75) is 72.6 Å². The Morgan fingerprint density at radius 3 is 2.41 bits per heavy atom. The Morgan fingerprint density at radius 1 is 1.03 bits per heavy atom. The van der Waals surface area contributed by atoms with Gasteiger partial charge in [0.15, 0.2) is 0 Å². The molecule has 1 aliphatic rings. The number of nitrogens with zero attached hydrogens (tertiary/aromatic N) is 5. The maximum atomic E-state index is 13.8. The quantitative estimate of drug-likeness (QED) is 0.259. The van der Waals surface area contributed by atoms with Crippen LogP contribution in [-0.2, 0) is 6.42 Å². The number of likely N-dealkylation sites (tertiary alicyclic amines) is 1. The molecule has 6 nitrogen and oxygen atoms in total. The van der Waals surface area contributed by atoms with Crippen molar-refractivity contribution in [3.8, 4) is 17.3 Å². The molecular formula is C33H45N5O. The number of rotatable bonds is 12. The maximum Gasteiger partial charge on any atom is 0.253 e. The molecule has 1 fully saturated rings. The number of nitriles is 1. The molecule has 0 unspecified atom stereocenters. The number of hydrogen-bond donors (Lipinski definition) is 0. The van der Waals surface area contributed by atoms with Crippen molar-refractivity contribution in [2.24, 2.45) is 11.8 Å². The summed E-state index contributed by atoms with van der Waals surface area (Å²) in [5.74, 6) is 1.21. The molecule has 0 radical (unpaired) electrons. The van der Waals surface area contributed by atoms with Crippen LogP contribution in [0.4, 0.5) is 0 Å². The summed E-state index contributed by atoms with van der Waals surface area (Å²) in [5.41, 5.74) is 5.37. The van der Waals surface area contributed by atoms with E-state index in [1.165, 1.54) is 32.4 Å². The third-order valence-electron chi connectivity index (χ3n) is 7.84. The number of carbonyl (C=O) groups is 1. The molecule has 2 aromatic heterocycles. The monoisotopic (exact) mass is 527 g/mol. The Labute approximate surface area is 234 Å². The van der Waals surface area contributed by atoms with Crippen molar-refractivity contribution in [1.29, 1.82) is 5.26 Å². The molecule has 4 rings (SSSR count). The summed E-state index contributed by atoms with van der Waals surface area (Å²) >= 11 is 0. The second kappa shape index (κ2) is 13.8. The first-order chi connectivity index (χ1) is 18.9. The number of amides is 1. The lowest BCUT2D eigenvalue weighted by atomic mass is 10.00. The average Bonchev–Trinajstić information content (AvgIpc) is 3.31. The average molecular weight is 528 g/mol. The van der Waals surface area contributed by atoms with Gasteiger partial charge in [0.2, 0.25) is 0 Å². The fourth-order valence-electron chi connectivity index (χ4n) is 5.43. The first-order valence-electron chi connectivity index (χ1n) is 14.9. The summed E-state index contributed by atoms with van der Waals surface area (Å²) in [6.07, 6.45) is 9.77. The van der Waals surface area contributed by atoms with Gasteiger partial charge in [-0.05, 0) is 94.3 Å². The minimum Gasteiger partial charge on any atom is -0.339 e. The van der Waals surface area contributed by atoms with Crippen LogP contribution in [0.1, 0.15) is 87.7 Å². The van der Waals surface area contributed by atoms with Crippen molar-refractivity contribution in [2.75, 3.05) is 32.7 Å². The largest absolute Gasteiger partial charge is 0.339 e. The number of aryl methyl sites for hydroxylation is 1. The topological polar surface area (TPSA) is 64.6 Å². The van der Waals surface area contributed by atoms with Gasteiger partial charge in [0, 0.05) is 36.0 Å². The molecule has 0 saturated carbocycles. The summed E-state index contributed by atoms with van der Waals surface area (Å²) < 4.78 is 1.91. The molecule has 1 amide bonds. The molecule has 3 heterocycles. The minimum absolute atomic E-state index is 0.104. The number of aromatic nitrogens is 2. The number of piperidine rings is 1. The maximum absolute atomic E-state index is 13.8. The van der Waals surface area contributed by atoms with Crippen LogP contribution in [0, 0.1) is 23.2 Å². The van der Waals surface area contributed by atoms with Crippen LogP contribution in [0.15, 0.2) is 42.6 Å². The molecule has 39 heavy (non-hydrogen) atoms. The molecule has 0 N–H and O–H groups in total. The van der Waals surface area contributed by atoms with Crippen LogP contribution >= 0.6 is 0 Å². The van der Waals surface area contributed by atoms with E-state index in [4.69, 9.17) is 5.10 Å². The Balaban J connectivity index is 1.66. The van der Waals surface area contributed by atoms with Crippen LogP contribution in [0.5, 0.6) is 0 Å². The zero-order valence-electron chi connectivity index (χ0n) is 24.3. The molecule has 0 atom stereocenters. The fraction of sp³-hybridized carbons (Fsp3) is 0.545. The molecule has 1 aromatic carbocycles. The predicted molar refractivity (Wildman–Crippen MR) is 159 cm³/mol. The van der Waals surface area contributed by atoms with Crippen molar-refractivity contribution in [1.82, 2.24) is 19.4 Å². The Bertz CT molecular complexity index is 1270. The van der Waals surface area contributed by atoms with Crippen LogP contribution in [0.2, 0.25) is 0 Å². The van der Waals surface area contributed by atoms with Crippen LogP contribution < -0.4 is 0 Å². The fourth-order valence-corrected chi connectivity index (χ4v) is 5.43. The zero-order valence-corrected chi connectivity index (χ0v) is 24.3. The highest BCUT2D eigenvalue weighted by atomic mass is 16.2. The molecular weight excluding hydrogens is 482 g/mol. The molecule has 6 heteroatoms. The van der Waals surface area contributed by atoms with Crippen molar-refractivity contribution in [3.05, 3.63) is 59.3 Å². The summed E-state index contributed by atoms with van der Waals surface area (Å²) in [6.45, 7) is 13.9. The van der Waals surface area contributed by atoms with Crippen LogP contribution in [-0.4, -0.2) is 58.0 Å². The smallest absolute Gasteiger partial charge is 0.253 e. The molecule has 0 bridgehead atoms. The number of fused-ring (bicyclic) bond motifs is 1. The molecule has 0 aliphatic carbocycles. The number of benzene rings is 1. The van der Waals surface area contributed by atoms with Gasteiger partial charge in [-0.15, -0.1) is 0 Å². The Hall–Kier alpha value is -3.17. The SMILES string of the molecule is CC(C)CCN(CCC(C)C)C(=O)c1ccn2nc(-c3cccc(C#N)c3)c(CCCN3CCCCC3)c2c1. The summed E-state index contributed by atoms with van der Waals surface area (Å²) in [4.78, 5) is 18.4. The zero-order chi connectivity index (χ0) is 27.8. The van der Waals surface area contributed by atoms with Gasteiger partial charge in [0.05, 0.1) is 22.8 Å². The van der Waals surface area contributed by atoms with Gasteiger partial charge in [-0.2, -0.15) is 10.4 Å². The Kier molecular flexibility index (Phi) is 10.2. The second-order valence-electron chi connectivity index (χ2n) is 11.9. The van der Waals surface area contributed by atoms with Crippen molar-refractivity contribution >= 4 is 11.4 Å². The van der Waals surface area contributed by atoms with E-state index in [0.717, 1.165) is 73.2 Å². The van der Waals surface area contributed by atoms with Gasteiger partial charge < -0.3 is 9.80 Å². The first kappa shape index (κ1) is 28.8. The third kappa shape index (κ3) is 7.70. The van der Waals surface area contributed by atoms with E-state index in [0.29, 0.717) is 17.4 Å². The number of pyridine rings is 1. The van der Waals surface area contributed by atoms with Crippen molar-refractivity contribution < 1.29 is 4.79 Å². The summed E-state index contributed by atoms with van der Waals surface area (Å²) in [7, 11) is 0. The molecule has 208 valence electrons. The normalized spacial score (nSPS) is 14.3. The van der Waals surface area contributed by atoms with Gasteiger partial charge in [0.25, 0.3) is 5.91 Å². The lowest BCUT2D eigenvalue weighted by Gasteiger charge is -2.26.